The van der Waals surface area contributed by atoms with Crippen LogP contribution in [-0.4, -0.2) is 18.0 Å². The van der Waals surface area contributed by atoms with E-state index in [4.69, 9.17) is 0 Å². The molecule has 0 aromatic carbocycles. The van der Waals surface area contributed by atoms with E-state index in [0.29, 0.717) is 6.42 Å². The molecule has 0 spiro atoms. The van der Waals surface area contributed by atoms with Crippen molar-refractivity contribution in [3.8, 4) is 0 Å². The van der Waals surface area contributed by atoms with Crippen molar-refractivity contribution in [2.45, 2.75) is 18.9 Å². The van der Waals surface area contributed by atoms with Crippen molar-refractivity contribution in [2.24, 2.45) is 4.99 Å². The van der Waals surface area contributed by atoms with Crippen LogP contribution in [0.5, 0.6) is 0 Å². The van der Waals surface area contributed by atoms with Crippen molar-refractivity contribution >= 4 is 12.0 Å². The number of dihydropyridines is 1. The van der Waals surface area contributed by atoms with Crippen LogP contribution >= 0.6 is 0 Å². The third-order valence-corrected chi connectivity index (χ3v) is 1.97. The third-order valence-electron chi connectivity index (χ3n) is 1.97. The van der Waals surface area contributed by atoms with E-state index in [9.17, 15) is 4.79 Å². The highest BCUT2D eigenvalue weighted by Gasteiger charge is 2.18. The number of fused-ring (bicyclic) bond motifs is 1. The smallest absolute Gasteiger partial charge is 0.159 e. The Morgan fingerprint density at radius 3 is 3.36 bits per heavy atom. The second kappa shape index (κ2) is 2.46. The Morgan fingerprint density at radius 2 is 2.45 bits per heavy atom. The molecule has 0 amide bonds. The SMILES string of the molecule is O=C1C=CC2N=CCC=C2C1. The maximum absolute atomic E-state index is 10.9. The van der Waals surface area contributed by atoms with Gasteiger partial charge in [-0.3, -0.25) is 9.79 Å². The monoisotopic (exact) mass is 147 g/mol. The molecule has 2 rings (SSSR count). The summed E-state index contributed by atoms with van der Waals surface area (Å²) in [6.45, 7) is 0. The molecular weight excluding hydrogens is 138 g/mol. The van der Waals surface area contributed by atoms with E-state index in [1.807, 2.05) is 12.3 Å². The van der Waals surface area contributed by atoms with E-state index in [2.05, 4.69) is 11.1 Å². The lowest BCUT2D eigenvalue weighted by atomic mass is 9.93. The van der Waals surface area contributed by atoms with Gasteiger partial charge < -0.3 is 0 Å². The van der Waals surface area contributed by atoms with Gasteiger partial charge >= 0.3 is 0 Å². The fourth-order valence-electron chi connectivity index (χ4n) is 1.40. The molecule has 1 heterocycles. The Labute approximate surface area is 65.3 Å². The van der Waals surface area contributed by atoms with Gasteiger partial charge in [-0.25, -0.2) is 0 Å². The summed E-state index contributed by atoms with van der Waals surface area (Å²) in [5.74, 6) is 0.199. The molecule has 2 nitrogen and oxygen atoms in total. The summed E-state index contributed by atoms with van der Waals surface area (Å²) < 4.78 is 0. The largest absolute Gasteiger partial charge is 0.295 e. The number of nitrogens with zero attached hydrogens (tertiary/aromatic N) is 1. The highest BCUT2D eigenvalue weighted by molar-refractivity contribution is 5.93. The van der Waals surface area contributed by atoms with Crippen LogP contribution in [0.25, 0.3) is 0 Å². The molecule has 1 aliphatic carbocycles. The van der Waals surface area contributed by atoms with Crippen molar-refractivity contribution < 1.29 is 4.79 Å². The fraction of sp³-hybridized carbons (Fsp3) is 0.333. The van der Waals surface area contributed by atoms with Gasteiger partial charge in [0.2, 0.25) is 0 Å². The molecule has 0 saturated heterocycles. The van der Waals surface area contributed by atoms with E-state index >= 15 is 0 Å². The van der Waals surface area contributed by atoms with Gasteiger partial charge in [-0.2, -0.15) is 0 Å². The molecule has 11 heavy (non-hydrogen) atoms. The van der Waals surface area contributed by atoms with E-state index < -0.39 is 0 Å². The van der Waals surface area contributed by atoms with Gasteiger partial charge in [0.25, 0.3) is 0 Å². The zero-order valence-corrected chi connectivity index (χ0v) is 6.16. The van der Waals surface area contributed by atoms with Gasteiger partial charge in [-0.05, 0) is 11.6 Å². The first-order valence-corrected chi connectivity index (χ1v) is 3.78. The average Bonchev–Trinajstić information content (AvgIpc) is 2.04. The molecule has 1 aliphatic heterocycles. The molecule has 2 aliphatic rings. The Hall–Kier alpha value is -1.18. The van der Waals surface area contributed by atoms with Crippen LogP contribution in [0.2, 0.25) is 0 Å². The number of rotatable bonds is 0. The average molecular weight is 147 g/mol. The van der Waals surface area contributed by atoms with Gasteiger partial charge in [0, 0.05) is 19.1 Å². The lowest BCUT2D eigenvalue weighted by Gasteiger charge is -2.18. The molecule has 0 aromatic heterocycles. The van der Waals surface area contributed by atoms with Crippen LogP contribution in [-0.2, 0) is 4.79 Å². The molecule has 0 radical (unpaired) electrons. The van der Waals surface area contributed by atoms with Gasteiger partial charge in [0.15, 0.2) is 5.78 Å². The second-order valence-electron chi connectivity index (χ2n) is 2.79. The minimum absolute atomic E-state index is 0.168. The molecular formula is C9H9NO. The first-order valence-electron chi connectivity index (χ1n) is 3.78. The normalized spacial score (nSPS) is 28.2. The molecule has 56 valence electrons. The summed E-state index contributed by atoms with van der Waals surface area (Å²) in [6, 6.07) is 0.168. The van der Waals surface area contributed by atoms with Crippen molar-refractivity contribution in [1.82, 2.24) is 0 Å². The molecule has 1 unspecified atom stereocenters. The maximum atomic E-state index is 10.9. The second-order valence-corrected chi connectivity index (χ2v) is 2.79. The van der Waals surface area contributed by atoms with Crippen LogP contribution in [0, 0.1) is 0 Å². The van der Waals surface area contributed by atoms with Crippen LogP contribution in [0.15, 0.2) is 28.8 Å². The van der Waals surface area contributed by atoms with Gasteiger partial charge in [0.05, 0.1) is 6.04 Å². The number of carbonyl (C=O) groups is 1. The Kier molecular flexibility index (Phi) is 1.46. The summed E-state index contributed by atoms with van der Waals surface area (Å²) in [6.07, 6.45) is 8.94. The Morgan fingerprint density at radius 1 is 1.55 bits per heavy atom. The Bertz CT molecular complexity index is 273. The van der Waals surface area contributed by atoms with E-state index in [1.165, 1.54) is 5.57 Å². The summed E-state index contributed by atoms with van der Waals surface area (Å²) in [7, 11) is 0. The predicted octanol–water partition coefficient (Wildman–Crippen LogP) is 1.28. The van der Waals surface area contributed by atoms with E-state index in [1.54, 1.807) is 6.08 Å². The minimum atomic E-state index is 0.168. The zero-order valence-electron chi connectivity index (χ0n) is 6.16. The zero-order chi connectivity index (χ0) is 7.68. The van der Waals surface area contributed by atoms with Crippen molar-refractivity contribution in [1.29, 1.82) is 0 Å². The van der Waals surface area contributed by atoms with Gasteiger partial charge in [-0.1, -0.05) is 12.2 Å². The number of carbonyl (C=O) groups excluding carboxylic acids is 1. The lowest BCUT2D eigenvalue weighted by molar-refractivity contribution is -0.114. The number of hydrogen-bond donors (Lipinski definition) is 0. The maximum Gasteiger partial charge on any atom is 0.159 e. The highest BCUT2D eigenvalue weighted by Crippen LogP contribution is 2.21. The molecule has 0 aromatic rings. The molecule has 0 fully saturated rings. The molecule has 1 atom stereocenters. The summed E-state index contributed by atoms with van der Waals surface area (Å²) in [5.41, 5.74) is 1.17. The number of ketones is 1. The standard InChI is InChI=1S/C9H9NO/c11-8-3-4-9-7(6-8)2-1-5-10-9/h2-5,9H,1,6H2. The first kappa shape index (κ1) is 6.53. The van der Waals surface area contributed by atoms with Crippen LogP contribution in [0.1, 0.15) is 12.8 Å². The molecule has 2 heteroatoms. The van der Waals surface area contributed by atoms with E-state index in [-0.39, 0.29) is 11.8 Å². The lowest BCUT2D eigenvalue weighted by Crippen LogP contribution is -2.16. The summed E-state index contributed by atoms with van der Waals surface area (Å²) in [5, 5.41) is 0. The minimum Gasteiger partial charge on any atom is -0.295 e. The number of aliphatic imine (C=N–C) groups is 1. The molecule has 0 saturated carbocycles. The number of allylic oxidation sites excluding steroid dienone is 2. The molecule has 0 bridgehead atoms. The highest BCUT2D eigenvalue weighted by atomic mass is 16.1. The fourth-order valence-corrected chi connectivity index (χ4v) is 1.40. The first-order chi connectivity index (χ1) is 5.36. The quantitative estimate of drug-likeness (QED) is 0.475. The van der Waals surface area contributed by atoms with Crippen molar-refractivity contribution in [2.75, 3.05) is 0 Å². The topological polar surface area (TPSA) is 29.4 Å². The summed E-state index contributed by atoms with van der Waals surface area (Å²) in [4.78, 5) is 15.2. The van der Waals surface area contributed by atoms with E-state index in [0.717, 1.165) is 6.42 Å². The van der Waals surface area contributed by atoms with Crippen molar-refractivity contribution in [3.05, 3.63) is 23.8 Å². The van der Waals surface area contributed by atoms with Crippen molar-refractivity contribution in [3.63, 3.8) is 0 Å². The summed E-state index contributed by atoms with van der Waals surface area (Å²) >= 11 is 0. The third kappa shape index (κ3) is 1.16. The van der Waals surface area contributed by atoms with Gasteiger partial charge in [0.1, 0.15) is 0 Å². The Balaban J connectivity index is 2.31. The number of hydrogen-bond acceptors (Lipinski definition) is 2. The van der Waals surface area contributed by atoms with Crippen LogP contribution < -0.4 is 0 Å². The van der Waals surface area contributed by atoms with Crippen LogP contribution in [0.3, 0.4) is 0 Å². The van der Waals surface area contributed by atoms with Gasteiger partial charge in [-0.15, -0.1) is 0 Å². The molecule has 0 N–H and O–H groups in total. The predicted molar refractivity (Wildman–Crippen MR) is 43.7 cm³/mol. The van der Waals surface area contributed by atoms with Crippen LogP contribution in [0.4, 0.5) is 0 Å².